The van der Waals surface area contributed by atoms with Crippen LogP contribution in [0.15, 0.2) is 22.7 Å². The highest BCUT2D eigenvalue weighted by Gasteiger charge is 2.27. The predicted molar refractivity (Wildman–Crippen MR) is 82.1 cm³/mol. The quantitative estimate of drug-likeness (QED) is 0.910. The standard InChI is InChI=1S/C15H23BrN2/c1-11(2)15-5-4-8-18(15)13-7-6-12(10-17-3)14(16)9-13/h6-7,9,11,15,17H,4-5,8,10H2,1-3H3. The number of hydrogen-bond donors (Lipinski definition) is 1. The third-order valence-corrected chi connectivity index (χ3v) is 4.54. The van der Waals surface area contributed by atoms with E-state index in [2.05, 4.69) is 58.2 Å². The lowest BCUT2D eigenvalue weighted by molar-refractivity contribution is 0.492. The van der Waals surface area contributed by atoms with Gasteiger partial charge in [-0.3, -0.25) is 0 Å². The van der Waals surface area contributed by atoms with E-state index in [1.165, 1.54) is 35.1 Å². The third-order valence-electron chi connectivity index (χ3n) is 3.80. The molecule has 1 aromatic carbocycles. The van der Waals surface area contributed by atoms with Crippen LogP contribution in [-0.2, 0) is 6.54 Å². The highest BCUT2D eigenvalue weighted by molar-refractivity contribution is 9.10. The lowest BCUT2D eigenvalue weighted by atomic mass is 10.0. The first-order chi connectivity index (χ1) is 8.63. The van der Waals surface area contributed by atoms with E-state index in [1.807, 2.05) is 7.05 Å². The molecule has 0 spiro atoms. The highest BCUT2D eigenvalue weighted by atomic mass is 79.9. The first-order valence-electron chi connectivity index (χ1n) is 6.83. The molecule has 100 valence electrons. The fraction of sp³-hybridized carbons (Fsp3) is 0.600. The number of nitrogens with one attached hydrogen (secondary N) is 1. The van der Waals surface area contributed by atoms with Crippen LogP contribution in [0, 0.1) is 5.92 Å². The van der Waals surface area contributed by atoms with Crippen LogP contribution >= 0.6 is 15.9 Å². The number of anilines is 1. The number of hydrogen-bond acceptors (Lipinski definition) is 2. The minimum Gasteiger partial charge on any atom is -0.368 e. The third kappa shape index (κ3) is 2.89. The van der Waals surface area contributed by atoms with Crippen LogP contribution < -0.4 is 10.2 Å². The maximum Gasteiger partial charge on any atom is 0.0380 e. The first kappa shape index (κ1) is 13.9. The molecule has 2 rings (SSSR count). The van der Waals surface area contributed by atoms with Crippen LogP contribution in [-0.4, -0.2) is 19.6 Å². The molecule has 1 N–H and O–H groups in total. The van der Waals surface area contributed by atoms with Crippen LogP contribution in [0.4, 0.5) is 5.69 Å². The van der Waals surface area contributed by atoms with E-state index in [-0.39, 0.29) is 0 Å². The molecule has 1 aliphatic rings. The van der Waals surface area contributed by atoms with Crippen molar-refractivity contribution in [2.24, 2.45) is 5.92 Å². The average molecular weight is 311 g/mol. The molecule has 2 nitrogen and oxygen atoms in total. The second-order valence-electron chi connectivity index (χ2n) is 5.45. The van der Waals surface area contributed by atoms with Gasteiger partial charge >= 0.3 is 0 Å². The van der Waals surface area contributed by atoms with Gasteiger partial charge in [0.25, 0.3) is 0 Å². The molecule has 1 atom stereocenters. The summed E-state index contributed by atoms with van der Waals surface area (Å²) in [5.41, 5.74) is 2.68. The van der Waals surface area contributed by atoms with Crippen molar-refractivity contribution in [2.45, 2.75) is 39.3 Å². The Balaban J connectivity index is 2.20. The van der Waals surface area contributed by atoms with E-state index >= 15 is 0 Å². The van der Waals surface area contributed by atoms with Crippen molar-refractivity contribution in [3.05, 3.63) is 28.2 Å². The van der Waals surface area contributed by atoms with Gasteiger partial charge in [-0.25, -0.2) is 0 Å². The normalized spacial score (nSPS) is 19.8. The van der Waals surface area contributed by atoms with Crippen LogP contribution in [0.2, 0.25) is 0 Å². The van der Waals surface area contributed by atoms with Crippen LogP contribution in [0.5, 0.6) is 0 Å². The maximum atomic E-state index is 3.69. The molecule has 18 heavy (non-hydrogen) atoms. The van der Waals surface area contributed by atoms with Gasteiger partial charge in [0, 0.05) is 29.3 Å². The average Bonchev–Trinajstić information content (AvgIpc) is 2.81. The minimum absolute atomic E-state index is 0.701. The second kappa shape index (κ2) is 6.07. The Kier molecular flexibility index (Phi) is 4.68. The Morgan fingerprint density at radius 2 is 2.22 bits per heavy atom. The zero-order chi connectivity index (χ0) is 13.1. The van der Waals surface area contributed by atoms with Crippen molar-refractivity contribution in [1.82, 2.24) is 5.32 Å². The van der Waals surface area contributed by atoms with Gasteiger partial charge in [0.2, 0.25) is 0 Å². The topological polar surface area (TPSA) is 15.3 Å². The number of halogens is 1. The molecule has 1 heterocycles. The molecule has 0 bridgehead atoms. The fourth-order valence-electron chi connectivity index (χ4n) is 2.85. The lowest BCUT2D eigenvalue weighted by Crippen LogP contribution is -2.33. The summed E-state index contributed by atoms with van der Waals surface area (Å²) in [6, 6.07) is 7.46. The van der Waals surface area contributed by atoms with Crippen molar-refractivity contribution < 1.29 is 0 Å². The molecule has 1 aromatic rings. The van der Waals surface area contributed by atoms with Crippen molar-refractivity contribution in [1.29, 1.82) is 0 Å². The zero-order valence-electron chi connectivity index (χ0n) is 11.5. The van der Waals surface area contributed by atoms with Gasteiger partial charge in [-0.05, 0) is 43.5 Å². The highest BCUT2D eigenvalue weighted by Crippen LogP contribution is 2.32. The van der Waals surface area contributed by atoms with Crippen LogP contribution in [0.1, 0.15) is 32.3 Å². The molecule has 1 unspecified atom stereocenters. The van der Waals surface area contributed by atoms with Gasteiger partial charge in [0.1, 0.15) is 0 Å². The predicted octanol–water partition coefficient (Wildman–Crippen LogP) is 3.79. The van der Waals surface area contributed by atoms with Gasteiger partial charge in [0.15, 0.2) is 0 Å². The Hall–Kier alpha value is -0.540. The largest absolute Gasteiger partial charge is 0.368 e. The first-order valence-corrected chi connectivity index (χ1v) is 7.62. The van der Waals surface area contributed by atoms with Gasteiger partial charge < -0.3 is 10.2 Å². The van der Waals surface area contributed by atoms with Gasteiger partial charge in [0.05, 0.1) is 0 Å². The Labute approximate surface area is 119 Å². The van der Waals surface area contributed by atoms with Crippen molar-refractivity contribution >= 4 is 21.6 Å². The monoisotopic (exact) mass is 310 g/mol. The fourth-order valence-corrected chi connectivity index (χ4v) is 3.36. The van der Waals surface area contributed by atoms with Crippen LogP contribution in [0.3, 0.4) is 0 Å². The molecule has 1 fully saturated rings. The SMILES string of the molecule is CNCc1ccc(N2CCCC2C(C)C)cc1Br. The molecule has 1 saturated heterocycles. The zero-order valence-corrected chi connectivity index (χ0v) is 13.1. The lowest BCUT2D eigenvalue weighted by Gasteiger charge is -2.30. The van der Waals surface area contributed by atoms with Crippen LogP contribution in [0.25, 0.3) is 0 Å². The van der Waals surface area contributed by atoms with E-state index in [4.69, 9.17) is 0 Å². The van der Waals surface area contributed by atoms with E-state index < -0.39 is 0 Å². The van der Waals surface area contributed by atoms with E-state index in [1.54, 1.807) is 0 Å². The molecule has 1 aliphatic heterocycles. The van der Waals surface area contributed by atoms with Gasteiger partial charge in [-0.15, -0.1) is 0 Å². The number of rotatable bonds is 4. The van der Waals surface area contributed by atoms with Gasteiger partial charge in [-0.1, -0.05) is 35.8 Å². The summed E-state index contributed by atoms with van der Waals surface area (Å²) in [6.45, 7) is 6.76. The Morgan fingerprint density at radius 1 is 1.44 bits per heavy atom. The summed E-state index contributed by atoms with van der Waals surface area (Å²) < 4.78 is 1.21. The molecular formula is C15H23BrN2. The molecule has 0 amide bonds. The van der Waals surface area contributed by atoms with E-state index in [9.17, 15) is 0 Å². The van der Waals surface area contributed by atoms with E-state index in [0.717, 1.165) is 12.5 Å². The van der Waals surface area contributed by atoms with Crippen molar-refractivity contribution in [3.63, 3.8) is 0 Å². The molecule has 3 heteroatoms. The molecule has 0 radical (unpaired) electrons. The summed E-state index contributed by atoms with van der Waals surface area (Å²) in [5, 5.41) is 3.20. The van der Waals surface area contributed by atoms with Crippen molar-refractivity contribution in [3.8, 4) is 0 Å². The van der Waals surface area contributed by atoms with Gasteiger partial charge in [-0.2, -0.15) is 0 Å². The Morgan fingerprint density at radius 3 is 2.83 bits per heavy atom. The minimum atomic E-state index is 0.701. The second-order valence-corrected chi connectivity index (χ2v) is 6.31. The molecule has 0 saturated carbocycles. The summed E-state index contributed by atoms with van der Waals surface area (Å²) in [5.74, 6) is 0.725. The number of benzene rings is 1. The Bertz CT molecular complexity index is 403. The summed E-state index contributed by atoms with van der Waals surface area (Å²) in [7, 11) is 1.98. The van der Waals surface area contributed by atoms with E-state index in [0.29, 0.717) is 6.04 Å². The summed E-state index contributed by atoms with van der Waals surface area (Å²) in [6.07, 6.45) is 2.65. The molecule has 0 aromatic heterocycles. The van der Waals surface area contributed by atoms with Crippen molar-refractivity contribution in [2.75, 3.05) is 18.5 Å². The molecular weight excluding hydrogens is 288 g/mol. The number of nitrogens with zero attached hydrogens (tertiary/aromatic N) is 1. The maximum absolute atomic E-state index is 3.69. The summed E-state index contributed by atoms with van der Waals surface area (Å²) in [4.78, 5) is 2.57. The summed E-state index contributed by atoms with van der Waals surface area (Å²) >= 11 is 3.69. The molecule has 0 aliphatic carbocycles. The smallest absolute Gasteiger partial charge is 0.0380 e.